The maximum absolute atomic E-state index is 11.5. The molecule has 0 aliphatic rings. The molecule has 0 saturated carbocycles. The third-order valence-electron chi connectivity index (χ3n) is 3.71. The minimum Gasteiger partial charge on any atom is -0.384 e. The topological polar surface area (TPSA) is 54.4 Å². The largest absolute Gasteiger partial charge is 0.384 e. The highest BCUT2D eigenvalue weighted by Crippen LogP contribution is 2.26. The van der Waals surface area contributed by atoms with E-state index in [2.05, 4.69) is 0 Å². The van der Waals surface area contributed by atoms with Crippen LogP contribution in [0.2, 0.25) is 0 Å². The second-order valence-electron chi connectivity index (χ2n) is 5.35. The monoisotopic (exact) mass is 312 g/mol. The number of aliphatic hydroxyl groups excluding tert-OH is 1. The number of hydrogen-bond donors (Lipinski definition) is 1. The lowest BCUT2D eigenvalue weighted by atomic mass is 9.99. The van der Waals surface area contributed by atoms with E-state index in [0.717, 1.165) is 16.3 Å². The van der Waals surface area contributed by atoms with E-state index >= 15 is 0 Å². The molecule has 0 spiro atoms. The Balaban J connectivity index is 1.96. The minimum atomic E-state index is -3.22. The van der Waals surface area contributed by atoms with Gasteiger partial charge >= 0.3 is 0 Å². The summed E-state index contributed by atoms with van der Waals surface area (Å²) in [6.07, 6.45) is 0.389. The van der Waals surface area contributed by atoms with Gasteiger partial charge < -0.3 is 5.11 Å². The van der Waals surface area contributed by atoms with Crippen molar-refractivity contribution >= 4 is 20.6 Å². The summed E-state index contributed by atoms with van der Waals surface area (Å²) in [6.45, 7) is 0. The van der Waals surface area contributed by atoms with E-state index < -0.39 is 15.9 Å². The highest BCUT2D eigenvalue weighted by atomic mass is 32.2. The van der Waals surface area contributed by atoms with Gasteiger partial charge in [-0.05, 0) is 40.1 Å². The second-order valence-corrected chi connectivity index (χ2v) is 7.37. The molecule has 3 aromatic carbocycles. The Morgan fingerprint density at radius 2 is 1.41 bits per heavy atom. The molecule has 22 heavy (non-hydrogen) atoms. The van der Waals surface area contributed by atoms with Crippen molar-refractivity contribution in [1.82, 2.24) is 0 Å². The highest BCUT2D eigenvalue weighted by Gasteiger charge is 2.13. The zero-order chi connectivity index (χ0) is 15.7. The molecule has 0 bridgehead atoms. The summed E-state index contributed by atoms with van der Waals surface area (Å²) in [6, 6.07) is 20.1. The van der Waals surface area contributed by atoms with E-state index in [9.17, 15) is 13.5 Å². The van der Waals surface area contributed by atoms with Gasteiger partial charge in [0.2, 0.25) is 0 Å². The maximum atomic E-state index is 11.5. The number of sulfone groups is 1. The molecule has 1 unspecified atom stereocenters. The summed E-state index contributed by atoms with van der Waals surface area (Å²) in [5.74, 6) is 0. The van der Waals surface area contributed by atoms with Crippen molar-refractivity contribution in [3.63, 3.8) is 0 Å². The molecule has 0 radical (unpaired) electrons. The van der Waals surface area contributed by atoms with Crippen molar-refractivity contribution in [1.29, 1.82) is 0 Å². The van der Waals surface area contributed by atoms with Crippen LogP contribution in [0.4, 0.5) is 0 Å². The molecule has 0 aromatic heterocycles. The predicted molar refractivity (Wildman–Crippen MR) is 87.6 cm³/mol. The standard InChI is InChI=1S/C18H16O3S/c1-22(20,21)17-10-8-14(9-11-17)18(19)16-7-6-13-4-2-3-5-15(13)12-16/h2-12,18-19H,1H3. The van der Waals surface area contributed by atoms with Crippen LogP contribution >= 0.6 is 0 Å². The lowest BCUT2D eigenvalue weighted by Gasteiger charge is -2.13. The van der Waals surface area contributed by atoms with Crippen LogP contribution in [0.15, 0.2) is 71.6 Å². The molecule has 0 heterocycles. The Bertz CT molecular complexity index is 912. The smallest absolute Gasteiger partial charge is 0.175 e. The van der Waals surface area contributed by atoms with E-state index in [1.54, 1.807) is 12.1 Å². The average Bonchev–Trinajstić information content (AvgIpc) is 2.53. The highest BCUT2D eigenvalue weighted by molar-refractivity contribution is 7.90. The number of hydrogen-bond acceptors (Lipinski definition) is 3. The van der Waals surface area contributed by atoms with Gasteiger partial charge in [0.25, 0.3) is 0 Å². The predicted octanol–water partition coefficient (Wildman–Crippen LogP) is 3.33. The lowest BCUT2D eigenvalue weighted by Crippen LogP contribution is -2.01. The van der Waals surface area contributed by atoms with Crippen LogP contribution in [0.25, 0.3) is 10.8 Å². The first-order valence-electron chi connectivity index (χ1n) is 6.92. The molecular weight excluding hydrogens is 296 g/mol. The molecule has 3 rings (SSSR count). The Morgan fingerprint density at radius 1 is 0.818 bits per heavy atom. The van der Waals surface area contributed by atoms with Crippen LogP contribution in [0, 0.1) is 0 Å². The van der Waals surface area contributed by atoms with Crippen LogP contribution < -0.4 is 0 Å². The van der Waals surface area contributed by atoms with Crippen molar-refractivity contribution in [3.05, 3.63) is 77.9 Å². The molecule has 0 saturated heterocycles. The SMILES string of the molecule is CS(=O)(=O)c1ccc(C(O)c2ccc3ccccc3c2)cc1. The summed E-state index contributed by atoms with van der Waals surface area (Å²) in [5.41, 5.74) is 1.45. The number of rotatable bonds is 3. The van der Waals surface area contributed by atoms with Crippen molar-refractivity contribution in [3.8, 4) is 0 Å². The Morgan fingerprint density at radius 3 is 2.05 bits per heavy atom. The maximum Gasteiger partial charge on any atom is 0.175 e. The average molecular weight is 312 g/mol. The molecule has 4 heteroatoms. The summed E-state index contributed by atoms with van der Waals surface area (Å²) in [7, 11) is -3.22. The van der Waals surface area contributed by atoms with Gasteiger partial charge in [-0.15, -0.1) is 0 Å². The fourth-order valence-electron chi connectivity index (χ4n) is 2.47. The second kappa shape index (κ2) is 5.55. The van der Waals surface area contributed by atoms with Crippen LogP contribution in [0.5, 0.6) is 0 Å². The van der Waals surface area contributed by atoms with E-state index in [0.29, 0.717) is 5.56 Å². The summed E-state index contributed by atoms with van der Waals surface area (Å²) in [4.78, 5) is 0.252. The van der Waals surface area contributed by atoms with Gasteiger partial charge in [-0.2, -0.15) is 0 Å². The van der Waals surface area contributed by atoms with Gasteiger partial charge in [0.15, 0.2) is 9.84 Å². The van der Waals surface area contributed by atoms with Crippen LogP contribution in [-0.4, -0.2) is 19.8 Å². The van der Waals surface area contributed by atoms with Gasteiger partial charge in [0.1, 0.15) is 6.10 Å². The molecular formula is C18H16O3S. The van der Waals surface area contributed by atoms with Gasteiger partial charge in [-0.1, -0.05) is 48.5 Å². The molecule has 0 aliphatic heterocycles. The van der Waals surface area contributed by atoms with E-state index in [-0.39, 0.29) is 4.90 Å². The van der Waals surface area contributed by atoms with E-state index in [1.165, 1.54) is 18.4 Å². The summed E-state index contributed by atoms with van der Waals surface area (Å²) in [5, 5.41) is 12.7. The normalized spacial score (nSPS) is 13.2. The first-order valence-corrected chi connectivity index (χ1v) is 8.81. The fourth-order valence-corrected chi connectivity index (χ4v) is 3.10. The van der Waals surface area contributed by atoms with Crippen molar-refractivity contribution in [2.75, 3.05) is 6.26 Å². The van der Waals surface area contributed by atoms with Crippen LogP contribution in [0.1, 0.15) is 17.2 Å². The zero-order valence-electron chi connectivity index (χ0n) is 12.1. The molecule has 112 valence electrons. The minimum absolute atomic E-state index is 0.252. The van der Waals surface area contributed by atoms with Crippen molar-refractivity contribution in [2.24, 2.45) is 0 Å². The lowest BCUT2D eigenvalue weighted by molar-refractivity contribution is 0.220. The molecule has 0 amide bonds. The van der Waals surface area contributed by atoms with Crippen molar-refractivity contribution in [2.45, 2.75) is 11.0 Å². The first kappa shape index (κ1) is 14.8. The van der Waals surface area contributed by atoms with Crippen molar-refractivity contribution < 1.29 is 13.5 Å². The van der Waals surface area contributed by atoms with Gasteiger partial charge in [0.05, 0.1) is 4.90 Å². The van der Waals surface area contributed by atoms with E-state index in [4.69, 9.17) is 0 Å². The molecule has 3 nitrogen and oxygen atoms in total. The van der Waals surface area contributed by atoms with Crippen LogP contribution in [0.3, 0.4) is 0 Å². The molecule has 1 atom stereocenters. The Labute approximate surface area is 129 Å². The van der Waals surface area contributed by atoms with Gasteiger partial charge in [-0.3, -0.25) is 0 Å². The molecule has 3 aromatic rings. The quantitative estimate of drug-likeness (QED) is 0.807. The first-order chi connectivity index (χ1) is 10.4. The van der Waals surface area contributed by atoms with Crippen LogP contribution in [-0.2, 0) is 9.84 Å². The third kappa shape index (κ3) is 2.89. The van der Waals surface area contributed by atoms with Gasteiger partial charge in [0, 0.05) is 6.26 Å². The molecule has 1 N–H and O–H groups in total. The van der Waals surface area contributed by atoms with E-state index in [1.807, 2.05) is 42.5 Å². The zero-order valence-corrected chi connectivity index (χ0v) is 12.9. The third-order valence-corrected chi connectivity index (χ3v) is 4.84. The summed E-state index contributed by atoms with van der Waals surface area (Å²) >= 11 is 0. The molecule has 0 fully saturated rings. The Kier molecular flexibility index (Phi) is 3.72. The Hall–Kier alpha value is -2.17. The summed E-state index contributed by atoms with van der Waals surface area (Å²) < 4.78 is 22.9. The molecule has 0 aliphatic carbocycles. The van der Waals surface area contributed by atoms with Gasteiger partial charge in [-0.25, -0.2) is 8.42 Å². The number of aliphatic hydroxyl groups is 1. The number of benzene rings is 3. The number of fused-ring (bicyclic) bond motifs is 1. The fraction of sp³-hybridized carbons (Fsp3) is 0.111.